The smallest absolute Gasteiger partial charge is 0.106 e. The molecule has 0 bridgehead atoms. The van der Waals surface area contributed by atoms with Gasteiger partial charge in [0.25, 0.3) is 0 Å². The van der Waals surface area contributed by atoms with Crippen molar-refractivity contribution >= 4 is 16.6 Å². The molecule has 2 aromatic carbocycles. The summed E-state index contributed by atoms with van der Waals surface area (Å²) in [5.41, 5.74) is 3.83. The van der Waals surface area contributed by atoms with Crippen molar-refractivity contribution in [3.05, 3.63) is 96.9 Å². The van der Waals surface area contributed by atoms with E-state index in [1.54, 1.807) is 6.26 Å². The van der Waals surface area contributed by atoms with Crippen LogP contribution < -0.4 is 5.32 Å². The zero-order valence-corrected chi connectivity index (χ0v) is 14.1. The van der Waals surface area contributed by atoms with Crippen molar-refractivity contribution in [2.75, 3.05) is 18.5 Å². The Labute approximate surface area is 148 Å². The van der Waals surface area contributed by atoms with Gasteiger partial charge in [0.05, 0.1) is 11.8 Å². The van der Waals surface area contributed by atoms with Crippen molar-refractivity contribution in [3.63, 3.8) is 0 Å². The minimum absolute atomic E-state index is 0.733. The van der Waals surface area contributed by atoms with Gasteiger partial charge in [-0.25, -0.2) is 0 Å². The van der Waals surface area contributed by atoms with Crippen molar-refractivity contribution in [2.45, 2.75) is 6.42 Å². The summed E-state index contributed by atoms with van der Waals surface area (Å²) in [6.45, 7) is 1.84. The Bertz CT molecular complexity index is 755. The van der Waals surface area contributed by atoms with Crippen LogP contribution in [0.4, 0.5) is 5.69 Å². The molecule has 0 spiro atoms. The normalized spacial score (nSPS) is 13.4. The summed E-state index contributed by atoms with van der Waals surface area (Å²) in [5, 5.41) is 4.50. The van der Waals surface area contributed by atoms with Gasteiger partial charge >= 0.3 is 0 Å². The van der Waals surface area contributed by atoms with E-state index in [9.17, 15) is 0 Å². The topological polar surface area (TPSA) is 34.1 Å². The number of aromatic nitrogens is 1. The molecule has 3 aromatic rings. The maximum atomic E-state index is 4.80. The lowest BCUT2D eigenvalue weighted by Crippen LogP contribution is -1.90. The number of fused-ring (bicyclic) bond motifs is 2. The highest BCUT2D eigenvalue weighted by Crippen LogP contribution is 2.19. The van der Waals surface area contributed by atoms with Gasteiger partial charge in [-0.15, -0.1) is 0 Å². The Kier molecular flexibility index (Phi) is 6.23. The second kappa shape index (κ2) is 9.28. The Morgan fingerprint density at radius 1 is 0.880 bits per heavy atom. The summed E-state index contributed by atoms with van der Waals surface area (Å²) in [7, 11) is 0. The highest BCUT2D eigenvalue weighted by Gasteiger charge is 2.05. The first-order valence-corrected chi connectivity index (χ1v) is 8.48. The third-order valence-electron chi connectivity index (χ3n) is 3.85. The van der Waals surface area contributed by atoms with Crippen molar-refractivity contribution < 1.29 is 4.74 Å². The van der Waals surface area contributed by atoms with E-state index in [4.69, 9.17) is 4.74 Å². The molecule has 25 heavy (non-hydrogen) atoms. The molecule has 2 aliphatic heterocycles. The van der Waals surface area contributed by atoms with Gasteiger partial charge in [-0.3, -0.25) is 4.98 Å². The van der Waals surface area contributed by atoms with E-state index in [0.717, 1.165) is 18.7 Å². The number of ether oxygens (including phenoxy) is 1. The summed E-state index contributed by atoms with van der Waals surface area (Å²) in [5.74, 6) is 0. The maximum Gasteiger partial charge on any atom is 0.106 e. The molecular weight excluding hydrogens is 308 g/mol. The van der Waals surface area contributed by atoms with Crippen LogP contribution in [0.1, 0.15) is 5.56 Å². The molecule has 0 fully saturated rings. The standard InChI is InChI=1S/C9H7N.C8H9N.C5H6O/c1-2-6-9-8(4-1)5-3-7-10-9;1-2-4-8-7(3-1)5-6-9-8;1-2-4-6-5-3-1/h1-7H;1-4,9H,5-6H2;1-4H,5H2. The SMILES string of the molecule is C1=CCOC=C1.c1ccc2c(c1)CCN2.c1ccc2ncccc2c1. The average molecular weight is 330 g/mol. The molecule has 0 atom stereocenters. The summed E-state index contributed by atoms with van der Waals surface area (Å²) in [6, 6.07) is 20.5. The predicted molar refractivity (Wildman–Crippen MR) is 105 cm³/mol. The summed E-state index contributed by atoms with van der Waals surface area (Å²) in [4.78, 5) is 4.18. The molecule has 0 saturated heterocycles. The number of benzene rings is 2. The van der Waals surface area contributed by atoms with Gasteiger partial charge < -0.3 is 10.1 Å². The molecule has 3 nitrogen and oxygen atoms in total. The van der Waals surface area contributed by atoms with Crippen LogP contribution in [0.25, 0.3) is 10.9 Å². The lowest BCUT2D eigenvalue weighted by atomic mass is 10.2. The fourth-order valence-electron chi connectivity index (χ4n) is 2.60. The molecule has 0 aliphatic carbocycles. The number of para-hydroxylation sites is 2. The second-order valence-corrected chi connectivity index (χ2v) is 5.62. The van der Waals surface area contributed by atoms with Gasteiger partial charge in [-0.1, -0.05) is 48.5 Å². The first-order valence-electron chi connectivity index (χ1n) is 8.48. The Morgan fingerprint density at radius 3 is 2.44 bits per heavy atom. The molecule has 3 heterocycles. The lowest BCUT2D eigenvalue weighted by molar-refractivity contribution is 0.286. The van der Waals surface area contributed by atoms with E-state index in [2.05, 4.69) is 46.7 Å². The minimum Gasteiger partial charge on any atom is -0.497 e. The van der Waals surface area contributed by atoms with Gasteiger partial charge in [-0.2, -0.15) is 0 Å². The van der Waals surface area contributed by atoms with Crippen molar-refractivity contribution in [2.24, 2.45) is 0 Å². The van der Waals surface area contributed by atoms with Gasteiger partial charge in [-0.05, 0) is 42.3 Å². The maximum absolute atomic E-state index is 4.80. The number of hydrogen-bond donors (Lipinski definition) is 1. The zero-order valence-electron chi connectivity index (χ0n) is 14.1. The van der Waals surface area contributed by atoms with Gasteiger partial charge in [0, 0.05) is 23.8 Å². The summed E-state index contributed by atoms with van der Waals surface area (Å²) in [6.07, 6.45) is 10.5. The van der Waals surface area contributed by atoms with Crippen LogP contribution in [0.5, 0.6) is 0 Å². The van der Waals surface area contributed by atoms with Crippen LogP contribution in [0.2, 0.25) is 0 Å². The van der Waals surface area contributed by atoms with Crippen LogP contribution in [-0.4, -0.2) is 18.1 Å². The molecule has 126 valence electrons. The van der Waals surface area contributed by atoms with Gasteiger partial charge in [0.2, 0.25) is 0 Å². The van der Waals surface area contributed by atoms with Crippen LogP contribution in [0.15, 0.2) is 91.4 Å². The van der Waals surface area contributed by atoms with E-state index < -0.39 is 0 Å². The number of hydrogen-bond acceptors (Lipinski definition) is 3. The van der Waals surface area contributed by atoms with E-state index in [1.807, 2.05) is 48.7 Å². The molecule has 5 rings (SSSR count). The largest absolute Gasteiger partial charge is 0.497 e. The fraction of sp³-hybridized carbons (Fsp3) is 0.136. The molecule has 0 saturated carbocycles. The van der Waals surface area contributed by atoms with Gasteiger partial charge in [0.15, 0.2) is 0 Å². The summed E-state index contributed by atoms with van der Waals surface area (Å²) >= 11 is 0. The number of pyridine rings is 1. The Balaban J connectivity index is 0.000000113. The van der Waals surface area contributed by atoms with E-state index >= 15 is 0 Å². The van der Waals surface area contributed by atoms with Crippen LogP contribution >= 0.6 is 0 Å². The molecule has 0 amide bonds. The summed E-state index contributed by atoms with van der Waals surface area (Å²) < 4.78 is 4.80. The predicted octanol–water partition coefficient (Wildman–Crippen LogP) is 4.98. The third-order valence-corrected chi connectivity index (χ3v) is 3.85. The van der Waals surface area contributed by atoms with Crippen LogP contribution in [-0.2, 0) is 11.2 Å². The van der Waals surface area contributed by atoms with Crippen LogP contribution in [0.3, 0.4) is 0 Å². The average Bonchev–Trinajstić information content (AvgIpc) is 3.19. The molecule has 0 unspecified atom stereocenters. The number of nitrogens with zero attached hydrogens (tertiary/aromatic N) is 1. The molecule has 2 aliphatic rings. The molecular formula is C22H22N2O. The Hall–Kier alpha value is -3.07. The van der Waals surface area contributed by atoms with Gasteiger partial charge in [0.1, 0.15) is 6.61 Å². The van der Waals surface area contributed by atoms with Crippen molar-refractivity contribution in [1.29, 1.82) is 0 Å². The quantitative estimate of drug-likeness (QED) is 0.631. The number of anilines is 1. The molecule has 3 heteroatoms. The number of rotatable bonds is 0. The fourth-order valence-corrected chi connectivity index (χ4v) is 2.60. The minimum atomic E-state index is 0.733. The highest BCUT2D eigenvalue weighted by atomic mass is 16.5. The Morgan fingerprint density at radius 2 is 1.72 bits per heavy atom. The monoisotopic (exact) mass is 330 g/mol. The first kappa shape index (κ1) is 16.8. The van der Waals surface area contributed by atoms with Crippen LogP contribution in [0, 0.1) is 0 Å². The first-order chi connectivity index (χ1) is 12.4. The molecule has 0 radical (unpaired) electrons. The second-order valence-electron chi connectivity index (χ2n) is 5.62. The number of nitrogens with one attached hydrogen (secondary N) is 1. The number of allylic oxidation sites excluding steroid dienone is 2. The van der Waals surface area contributed by atoms with Crippen molar-refractivity contribution in [1.82, 2.24) is 4.98 Å². The highest BCUT2D eigenvalue weighted by molar-refractivity contribution is 5.77. The zero-order chi connectivity index (χ0) is 17.2. The van der Waals surface area contributed by atoms with Crippen molar-refractivity contribution in [3.8, 4) is 0 Å². The van der Waals surface area contributed by atoms with E-state index in [-0.39, 0.29) is 0 Å². The van der Waals surface area contributed by atoms with E-state index in [1.165, 1.54) is 23.1 Å². The van der Waals surface area contributed by atoms with E-state index in [0.29, 0.717) is 0 Å². The molecule has 1 N–H and O–H groups in total. The lowest BCUT2D eigenvalue weighted by Gasteiger charge is -1.94. The molecule has 1 aromatic heterocycles. The third kappa shape index (κ3) is 5.21.